The summed E-state index contributed by atoms with van der Waals surface area (Å²) in [6.07, 6.45) is 1.27. The molecule has 0 radical (unpaired) electrons. The summed E-state index contributed by atoms with van der Waals surface area (Å²) in [5.74, 6) is 0.747. The third-order valence-electron chi connectivity index (χ3n) is 2.35. The van der Waals surface area contributed by atoms with Gasteiger partial charge in [0.15, 0.2) is 0 Å². The van der Waals surface area contributed by atoms with E-state index in [1.54, 1.807) is 4.52 Å². The number of fused-ring (bicyclic) bond motifs is 1. The first kappa shape index (κ1) is 11.5. The molecular weight excluding hydrogens is 218 g/mol. The van der Waals surface area contributed by atoms with Gasteiger partial charge in [0.25, 0.3) is 11.7 Å². The van der Waals surface area contributed by atoms with Gasteiger partial charge < -0.3 is 0 Å². The van der Waals surface area contributed by atoms with Gasteiger partial charge in [-0.05, 0) is 26.3 Å². The molecule has 0 saturated heterocycles. The molecule has 0 aliphatic heterocycles. The van der Waals surface area contributed by atoms with Gasteiger partial charge in [0.05, 0.1) is 0 Å². The van der Waals surface area contributed by atoms with Crippen LogP contribution < -0.4 is 5.32 Å². The standard InChI is InChI=1S/C11H15N5O/c1-4-5-9(17)13-10-14-11-12-7(2)6-8(3)16(11)15-10/h6H,4-5H2,1-3H3,(H,13,15,17). The van der Waals surface area contributed by atoms with Crippen molar-refractivity contribution in [2.45, 2.75) is 33.6 Å². The fourth-order valence-electron chi connectivity index (χ4n) is 1.63. The highest BCUT2D eigenvalue weighted by molar-refractivity contribution is 5.88. The van der Waals surface area contributed by atoms with Gasteiger partial charge in [-0.1, -0.05) is 6.92 Å². The lowest BCUT2D eigenvalue weighted by Gasteiger charge is -1.97. The molecule has 0 aliphatic carbocycles. The van der Waals surface area contributed by atoms with Crippen LogP contribution in [0.15, 0.2) is 6.07 Å². The highest BCUT2D eigenvalue weighted by Crippen LogP contribution is 2.08. The Balaban J connectivity index is 2.32. The number of hydrogen-bond acceptors (Lipinski definition) is 4. The Kier molecular flexibility index (Phi) is 3.03. The Labute approximate surface area is 99.1 Å². The Morgan fingerprint density at radius 3 is 2.88 bits per heavy atom. The number of aryl methyl sites for hydroxylation is 2. The molecule has 2 rings (SSSR count). The Bertz CT molecular complexity index is 560. The zero-order valence-electron chi connectivity index (χ0n) is 10.2. The Morgan fingerprint density at radius 2 is 2.18 bits per heavy atom. The molecule has 2 heterocycles. The number of aromatic nitrogens is 4. The number of hydrogen-bond donors (Lipinski definition) is 1. The maximum absolute atomic E-state index is 11.4. The molecule has 1 N–H and O–H groups in total. The average Bonchev–Trinajstić information content (AvgIpc) is 2.60. The van der Waals surface area contributed by atoms with Crippen molar-refractivity contribution in [1.29, 1.82) is 0 Å². The Morgan fingerprint density at radius 1 is 1.41 bits per heavy atom. The highest BCUT2D eigenvalue weighted by atomic mass is 16.1. The molecule has 0 atom stereocenters. The number of rotatable bonds is 3. The maximum atomic E-state index is 11.4. The van der Waals surface area contributed by atoms with E-state index in [0.29, 0.717) is 18.1 Å². The van der Waals surface area contributed by atoms with Crippen molar-refractivity contribution in [1.82, 2.24) is 19.6 Å². The van der Waals surface area contributed by atoms with Gasteiger partial charge in [-0.15, -0.1) is 5.10 Å². The number of amides is 1. The van der Waals surface area contributed by atoms with Gasteiger partial charge >= 0.3 is 0 Å². The van der Waals surface area contributed by atoms with Crippen LogP contribution in [0, 0.1) is 13.8 Å². The highest BCUT2D eigenvalue weighted by Gasteiger charge is 2.09. The third-order valence-corrected chi connectivity index (χ3v) is 2.35. The summed E-state index contributed by atoms with van der Waals surface area (Å²) >= 11 is 0. The molecular formula is C11H15N5O. The lowest BCUT2D eigenvalue weighted by atomic mass is 10.3. The number of carbonyl (C=O) groups excluding carboxylic acids is 1. The number of anilines is 1. The number of nitrogens with zero attached hydrogens (tertiary/aromatic N) is 4. The van der Waals surface area contributed by atoms with Crippen LogP contribution in [0.1, 0.15) is 31.2 Å². The van der Waals surface area contributed by atoms with Crippen molar-refractivity contribution in [3.8, 4) is 0 Å². The summed E-state index contributed by atoms with van der Waals surface area (Å²) in [5.41, 5.74) is 1.82. The van der Waals surface area contributed by atoms with Gasteiger partial charge in [0.2, 0.25) is 5.91 Å². The molecule has 0 fully saturated rings. The average molecular weight is 233 g/mol. The predicted octanol–water partition coefficient (Wildman–Crippen LogP) is 1.48. The SMILES string of the molecule is CCCC(=O)Nc1nc2nc(C)cc(C)n2n1. The molecule has 0 spiro atoms. The van der Waals surface area contributed by atoms with E-state index >= 15 is 0 Å². The zero-order chi connectivity index (χ0) is 12.4. The summed E-state index contributed by atoms with van der Waals surface area (Å²) in [4.78, 5) is 19.8. The first-order chi connectivity index (χ1) is 8.10. The van der Waals surface area contributed by atoms with Crippen LogP contribution in [0.3, 0.4) is 0 Å². The molecule has 0 aromatic carbocycles. The van der Waals surface area contributed by atoms with E-state index in [4.69, 9.17) is 0 Å². The number of nitrogens with one attached hydrogen (secondary N) is 1. The summed E-state index contributed by atoms with van der Waals surface area (Å²) in [7, 11) is 0. The van der Waals surface area contributed by atoms with Gasteiger partial charge in [0.1, 0.15) is 0 Å². The summed E-state index contributed by atoms with van der Waals surface area (Å²) in [6, 6.07) is 1.92. The van der Waals surface area contributed by atoms with Crippen LogP contribution in [-0.2, 0) is 4.79 Å². The predicted molar refractivity (Wildman–Crippen MR) is 63.8 cm³/mol. The quantitative estimate of drug-likeness (QED) is 0.871. The summed E-state index contributed by atoms with van der Waals surface area (Å²) in [5, 5.41) is 6.84. The monoisotopic (exact) mass is 233 g/mol. The molecule has 6 nitrogen and oxygen atoms in total. The maximum Gasteiger partial charge on any atom is 0.254 e. The van der Waals surface area contributed by atoms with E-state index in [1.165, 1.54) is 0 Å². The second-order valence-corrected chi connectivity index (χ2v) is 3.98. The van der Waals surface area contributed by atoms with E-state index in [2.05, 4.69) is 20.4 Å². The van der Waals surface area contributed by atoms with Crippen molar-refractivity contribution < 1.29 is 4.79 Å². The molecule has 0 bridgehead atoms. The molecule has 0 saturated carbocycles. The normalized spacial score (nSPS) is 10.8. The molecule has 0 unspecified atom stereocenters. The molecule has 1 amide bonds. The minimum Gasteiger partial charge on any atom is -0.293 e. The van der Waals surface area contributed by atoms with E-state index in [1.807, 2.05) is 26.8 Å². The lowest BCUT2D eigenvalue weighted by molar-refractivity contribution is -0.116. The van der Waals surface area contributed by atoms with E-state index < -0.39 is 0 Å². The van der Waals surface area contributed by atoms with Crippen LogP contribution in [0.2, 0.25) is 0 Å². The van der Waals surface area contributed by atoms with Gasteiger partial charge in [-0.25, -0.2) is 4.98 Å². The van der Waals surface area contributed by atoms with Crippen LogP contribution in [0.5, 0.6) is 0 Å². The van der Waals surface area contributed by atoms with Gasteiger partial charge in [-0.3, -0.25) is 10.1 Å². The second kappa shape index (κ2) is 4.48. The summed E-state index contributed by atoms with van der Waals surface area (Å²) in [6.45, 7) is 5.77. The molecule has 17 heavy (non-hydrogen) atoms. The molecule has 2 aromatic heterocycles. The second-order valence-electron chi connectivity index (χ2n) is 3.98. The van der Waals surface area contributed by atoms with Gasteiger partial charge in [-0.2, -0.15) is 9.50 Å². The van der Waals surface area contributed by atoms with Crippen molar-refractivity contribution in [3.05, 3.63) is 17.5 Å². The van der Waals surface area contributed by atoms with Crippen LogP contribution in [0.25, 0.3) is 5.78 Å². The van der Waals surface area contributed by atoms with Crippen molar-refractivity contribution in [3.63, 3.8) is 0 Å². The minimum absolute atomic E-state index is 0.0715. The molecule has 0 aliphatic rings. The zero-order valence-corrected chi connectivity index (χ0v) is 10.2. The smallest absolute Gasteiger partial charge is 0.254 e. The van der Waals surface area contributed by atoms with E-state index in [-0.39, 0.29) is 5.91 Å². The van der Waals surface area contributed by atoms with E-state index in [0.717, 1.165) is 17.8 Å². The first-order valence-electron chi connectivity index (χ1n) is 5.61. The van der Waals surface area contributed by atoms with Gasteiger partial charge in [0, 0.05) is 17.8 Å². The largest absolute Gasteiger partial charge is 0.293 e. The molecule has 6 heteroatoms. The first-order valence-corrected chi connectivity index (χ1v) is 5.61. The minimum atomic E-state index is -0.0715. The van der Waals surface area contributed by atoms with Crippen LogP contribution >= 0.6 is 0 Å². The van der Waals surface area contributed by atoms with Crippen LogP contribution in [-0.4, -0.2) is 25.5 Å². The fourth-order valence-corrected chi connectivity index (χ4v) is 1.63. The summed E-state index contributed by atoms with van der Waals surface area (Å²) < 4.78 is 1.62. The van der Waals surface area contributed by atoms with Crippen molar-refractivity contribution in [2.24, 2.45) is 0 Å². The molecule has 2 aromatic rings. The third kappa shape index (κ3) is 2.41. The van der Waals surface area contributed by atoms with Crippen LogP contribution in [0.4, 0.5) is 5.95 Å². The fraction of sp³-hybridized carbons (Fsp3) is 0.455. The van der Waals surface area contributed by atoms with Crippen molar-refractivity contribution in [2.75, 3.05) is 5.32 Å². The molecule has 90 valence electrons. The topological polar surface area (TPSA) is 72.2 Å². The lowest BCUT2D eigenvalue weighted by Crippen LogP contribution is -2.11. The van der Waals surface area contributed by atoms with E-state index in [9.17, 15) is 4.79 Å². The van der Waals surface area contributed by atoms with Crippen molar-refractivity contribution >= 4 is 17.6 Å². The Hall–Kier alpha value is -1.98. The number of carbonyl (C=O) groups is 1.